The van der Waals surface area contributed by atoms with Gasteiger partial charge in [-0.05, 0) is 12.5 Å². The van der Waals surface area contributed by atoms with E-state index in [1.807, 2.05) is 11.9 Å². The number of likely N-dealkylation sites (N-methyl/N-ethyl adjacent to an activating group) is 1. The second kappa shape index (κ2) is 5.80. The van der Waals surface area contributed by atoms with Crippen LogP contribution in [0.25, 0.3) is 0 Å². The molecule has 0 spiro atoms. The van der Waals surface area contributed by atoms with Gasteiger partial charge in [-0.15, -0.1) is 0 Å². The third-order valence-corrected chi connectivity index (χ3v) is 3.16. The fourth-order valence-electron chi connectivity index (χ4n) is 2.44. The summed E-state index contributed by atoms with van der Waals surface area (Å²) in [6.07, 6.45) is 0. The van der Waals surface area contributed by atoms with Gasteiger partial charge in [0.2, 0.25) is 5.91 Å². The van der Waals surface area contributed by atoms with Crippen LogP contribution in [0, 0.1) is 5.41 Å². The summed E-state index contributed by atoms with van der Waals surface area (Å²) in [4.78, 5) is 16.0. The number of amides is 1. The Morgan fingerprint density at radius 3 is 2.65 bits per heavy atom. The molecule has 1 amide bonds. The summed E-state index contributed by atoms with van der Waals surface area (Å²) in [7, 11) is 3.52. The van der Waals surface area contributed by atoms with Crippen molar-refractivity contribution in [1.29, 1.82) is 0 Å². The monoisotopic (exact) mass is 244 g/mol. The van der Waals surface area contributed by atoms with Crippen molar-refractivity contribution in [3.8, 4) is 0 Å². The minimum absolute atomic E-state index is 0.00220. The quantitative estimate of drug-likeness (QED) is 0.744. The number of aliphatic hydroxyl groups is 1. The fraction of sp³-hybridized carbons (Fsp3) is 0.917. The molecule has 1 aliphatic heterocycles. The molecule has 1 aliphatic rings. The molecular formula is C12H24N2O3. The predicted molar refractivity (Wildman–Crippen MR) is 65.7 cm³/mol. The summed E-state index contributed by atoms with van der Waals surface area (Å²) in [5.74, 6) is -0.00220. The minimum atomic E-state index is -0.423. The highest BCUT2D eigenvalue weighted by Crippen LogP contribution is 2.24. The number of carbonyl (C=O) groups excluding carboxylic acids is 1. The number of rotatable bonds is 4. The van der Waals surface area contributed by atoms with Gasteiger partial charge in [-0.25, -0.2) is 0 Å². The molecule has 100 valence electrons. The maximum Gasteiger partial charge on any atom is 0.242 e. The van der Waals surface area contributed by atoms with Crippen molar-refractivity contribution >= 4 is 5.91 Å². The maximum atomic E-state index is 12.2. The molecule has 1 fully saturated rings. The van der Waals surface area contributed by atoms with Gasteiger partial charge in [0.05, 0.1) is 13.2 Å². The van der Waals surface area contributed by atoms with Gasteiger partial charge in [-0.2, -0.15) is 0 Å². The second-order valence-electron chi connectivity index (χ2n) is 5.53. The van der Waals surface area contributed by atoms with Gasteiger partial charge in [-0.1, -0.05) is 13.8 Å². The van der Waals surface area contributed by atoms with Crippen LogP contribution < -0.4 is 0 Å². The molecule has 17 heavy (non-hydrogen) atoms. The van der Waals surface area contributed by atoms with Crippen molar-refractivity contribution in [1.82, 2.24) is 9.80 Å². The Morgan fingerprint density at radius 1 is 1.47 bits per heavy atom. The van der Waals surface area contributed by atoms with Gasteiger partial charge in [0.1, 0.15) is 6.04 Å². The number of hydrogen-bond donors (Lipinski definition) is 1. The van der Waals surface area contributed by atoms with Gasteiger partial charge in [0.25, 0.3) is 0 Å². The number of hydrogen-bond acceptors (Lipinski definition) is 4. The first-order valence-corrected chi connectivity index (χ1v) is 6.00. The van der Waals surface area contributed by atoms with Crippen LogP contribution in [0.2, 0.25) is 0 Å². The number of aliphatic hydroxyl groups excluding tert-OH is 1. The Hall–Kier alpha value is -0.650. The van der Waals surface area contributed by atoms with Crippen molar-refractivity contribution in [3.63, 3.8) is 0 Å². The van der Waals surface area contributed by atoms with Crippen molar-refractivity contribution < 1.29 is 14.6 Å². The van der Waals surface area contributed by atoms with Gasteiger partial charge in [0.15, 0.2) is 0 Å². The maximum absolute atomic E-state index is 12.2. The van der Waals surface area contributed by atoms with Crippen LogP contribution in [0.5, 0.6) is 0 Å². The summed E-state index contributed by atoms with van der Waals surface area (Å²) >= 11 is 0. The lowest BCUT2D eigenvalue weighted by Crippen LogP contribution is -2.47. The molecule has 0 bridgehead atoms. The van der Waals surface area contributed by atoms with Crippen LogP contribution in [0.1, 0.15) is 13.8 Å². The summed E-state index contributed by atoms with van der Waals surface area (Å²) < 4.78 is 5.03. The zero-order valence-electron chi connectivity index (χ0n) is 11.3. The number of ether oxygens (including phenoxy) is 1. The van der Waals surface area contributed by atoms with Crippen LogP contribution in [-0.4, -0.2) is 73.9 Å². The lowest BCUT2D eigenvalue weighted by molar-refractivity contribution is -0.137. The van der Waals surface area contributed by atoms with Crippen molar-refractivity contribution in [2.45, 2.75) is 19.9 Å². The van der Waals surface area contributed by atoms with Crippen LogP contribution >= 0.6 is 0 Å². The van der Waals surface area contributed by atoms with Crippen molar-refractivity contribution in [2.24, 2.45) is 5.41 Å². The van der Waals surface area contributed by atoms with Crippen LogP contribution in [0.15, 0.2) is 0 Å². The van der Waals surface area contributed by atoms with Crippen LogP contribution in [0.3, 0.4) is 0 Å². The molecule has 5 heteroatoms. The topological polar surface area (TPSA) is 53.0 Å². The number of methoxy groups -OCH3 is 1. The Balaban J connectivity index is 2.84. The number of nitrogens with zero attached hydrogens (tertiary/aromatic N) is 2. The largest absolute Gasteiger partial charge is 0.394 e. The van der Waals surface area contributed by atoms with E-state index in [9.17, 15) is 9.90 Å². The average Bonchev–Trinajstić information content (AvgIpc) is 2.30. The molecule has 0 aliphatic carbocycles. The smallest absolute Gasteiger partial charge is 0.242 e. The Morgan fingerprint density at radius 2 is 2.12 bits per heavy atom. The van der Waals surface area contributed by atoms with Crippen LogP contribution in [-0.2, 0) is 9.53 Å². The van der Waals surface area contributed by atoms with E-state index in [-0.39, 0.29) is 17.9 Å². The SMILES string of the molecule is COCCN1CC(C)(C)CN(C)C(CO)C1=O. The molecular weight excluding hydrogens is 220 g/mol. The lowest BCUT2D eigenvalue weighted by Gasteiger charge is -2.29. The van der Waals surface area contributed by atoms with E-state index in [0.29, 0.717) is 19.7 Å². The van der Waals surface area contributed by atoms with Gasteiger partial charge >= 0.3 is 0 Å². The molecule has 1 atom stereocenters. The molecule has 1 rings (SSSR count). The lowest BCUT2D eigenvalue weighted by atomic mass is 9.93. The molecule has 0 radical (unpaired) electrons. The van der Waals surface area contributed by atoms with E-state index in [1.54, 1.807) is 12.0 Å². The molecule has 5 nitrogen and oxygen atoms in total. The van der Waals surface area contributed by atoms with E-state index in [0.717, 1.165) is 6.54 Å². The fourth-order valence-corrected chi connectivity index (χ4v) is 2.44. The standard InChI is InChI=1S/C12H24N2O3/c1-12(2)8-13(3)10(7-15)11(16)14(9-12)5-6-17-4/h10,15H,5-9H2,1-4H3. The third-order valence-electron chi connectivity index (χ3n) is 3.16. The Bertz CT molecular complexity index is 268. The molecule has 1 heterocycles. The van der Waals surface area contributed by atoms with Crippen LogP contribution in [0.4, 0.5) is 0 Å². The molecule has 0 aromatic rings. The average molecular weight is 244 g/mol. The highest BCUT2D eigenvalue weighted by molar-refractivity contribution is 5.82. The van der Waals surface area contributed by atoms with E-state index in [4.69, 9.17) is 4.74 Å². The molecule has 1 unspecified atom stereocenters. The normalized spacial score (nSPS) is 26.1. The van der Waals surface area contributed by atoms with Crippen molar-refractivity contribution in [3.05, 3.63) is 0 Å². The predicted octanol–water partition coefficient (Wildman–Crippen LogP) is -0.206. The summed E-state index contributed by atoms with van der Waals surface area (Å²) in [6.45, 7) is 6.76. The van der Waals surface area contributed by atoms with E-state index < -0.39 is 6.04 Å². The second-order valence-corrected chi connectivity index (χ2v) is 5.53. The first-order chi connectivity index (χ1) is 7.91. The van der Waals surface area contributed by atoms with Gasteiger partial charge < -0.3 is 14.7 Å². The third kappa shape index (κ3) is 3.66. The first kappa shape index (κ1) is 14.4. The molecule has 1 N–H and O–H groups in total. The van der Waals surface area contributed by atoms with Gasteiger partial charge in [0, 0.05) is 26.7 Å². The first-order valence-electron chi connectivity index (χ1n) is 6.00. The molecule has 0 aromatic heterocycles. The Kier molecular flexibility index (Phi) is 4.91. The number of carbonyl (C=O) groups is 1. The highest BCUT2D eigenvalue weighted by atomic mass is 16.5. The van der Waals surface area contributed by atoms with E-state index in [2.05, 4.69) is 13.8 Å². The zero-order chi connectivity index (χ0) is 13.1. The highest BCUT2D eigenvalue weighted by Gasteiger charge is 2.37. The summed E-state index contributed by atoms with van der Waals surface area (Å²) in [5.41, 5.74) is 0.0298. The van der Waals surface area contributed by atoms with Gasteiger partial charge in [-0.3, -0.25) is 9.69 Å². The summed E-state index contributed by atoms with van der Waals surface area (Å²) in [6, 6.07) is -0.423. The van der Waals surface area contributed by atoms with E-state index in [1.165, 1.54) is 0 Å². The molecule has 0 saturated carbocycles. The molecule has 1 saturated heterocycles. The minimum Gasteiger partial charge on any atom is -0.394 e. The molecule has 0 aromatic carbocycles. The van der Waals surface area contributed by atoms with Crippen molar-refractivity contribution in [2.75, 3.05) is 47.0 Å². The summed E-state index contributed by atoms with van der Waals surface area (Å²) in [5, 5.41) is 9.35. The zero-order valence-corrected chi connectivity index (χ0v) is 11.3. The Labute approximate surface area is 103 Å². The van der Waals surface area contributed by atoms with E-state index >= 15 is 0 Å².